The van der Waals surface area contributed by atoms with Crippen LogP contribution in [-0.4, -0.2) is 97.4 Å². The molecule has 14 heteroatoms. The third-order valence-corrected chi connectivity index (χ3v) is 11.1. The maximum Gasteiger partial charge on any atom is 0.261 e. The maximum atomic E-state index is 14.9. The van der Waals surface area contributed by atoms with Crippen LogP contribution in [0.15, 0.2) is 41.2 Å². The van der Waals surface area contributed by atoms with Crippen LogP contribution in [0.4, 0.5) is 10.1 Å². The number of carbonyl (C=O) groups excluding carboxylic acids is 3. The fraction of sp³-hybridized carbons (Fsp3) is 0.564. The first kappa shape index (κ1) is 40.2. The normalized spacial score (nSPS) is 15.7. The molecule has 3 aromatic rings. The SMILES string of the molecule is CCCN(C=O)c1cccc(C(=O)NCCCCCCNC(=O)CN2CCC(SCc3nc4cc(OCC5CCOCC5)cc(F)c4c(=O)[nH]3)CC2)c1. The van der Waals surface area contributed by atoms with Crippen LogP contribution in [-0.2, 0) is 20.1 Å². The molecule has 288 valence electrons. The number of thioether (sulfide) groups is 1. The number of hydrogen-bond donors (Lipinski definition) is 3. The Hall–Kier alpha value is -4.01. The minimum Gasteiger partial charge on any atom is -0.493 e. The van der Waals surface area contributed by atoms with E-state index >= 15 is 0 Å². The van der Waals surface area contributed by atoms with Gasteiger partial charge in [0.2, 0.25) is 12.3 Å². The van der Waals surface area contributed by atoms with Gasteiger partial charge in [0.15, 0.2) is 0 Å². The molecule has 1 aromatic heterocycles. The number of aromatic nitrogens is 2. The number of aromatic amines is 1. The zero-order chi connectivity index (χ0) is 37.4. The Morgan fingerprint density at radius 2 is 1.83 bits per heavy atom. The largest absolute Gasteiger partial charge is 0.493 e. The summed E-state index contributed by atoms with van der Waals surface area (Å²) in [6, 6.07) is 10.0. The van der Waals surface area contributed by atoms with Gasteiger partial charge >= 0.3 is 0 Å². The zero-order valence-electron chi connectivity index (χ0n) is 30.7. The molecule has 2 aliphatic heterocycles. The molecule has 3 amide bonds. The number of piperidine rings is 1. The molecule has 0 aliphatic carbocycles. The maximum absolute atomic E-state index is 14.9. The number of amides is 3. The van der Waals surface area contributed by atoms with E-state index in [-0.39, 0.29) is 17.2 Å². The van der Waals surface area contributed by atoms with E-state index in [1.807, 2.05) is 13.0 Å². The number of benzene rings is 2. The third-order valence-electron chi connectivity index (χ3n) is 9.71. The van der Waals surface area contributed by atoms with Crippen LogP contribution in [0.2, 0.25) is 0 Å². The van der Waals surface area contributed by atoms with Crippen LogP contribution in [0.1, 0.15) is 80.9 Å². The van der Waals surface area contributed by atoms with Crippen LogP contribution >= 0.6 is 11.8 Å². The number of nitrogens with zero attached hydrogens (tertiary/aromatic N) is 3. The predicted molar refractivity (Wildman–Crippen MR) is 206 cm³/mol. The highest BCUT2D eigenvalue weighted by atomic mass is 32.2. The quantitative estimate of drug-likeness (QED) is 0.107. The number of unbranched alkanes of at least 4 members (excludes halogenated alkanes) is 3. The molecule has 0 saturated carbocycles. The van der Waals surface area contributed by atoms with E-state index in [1.165, 1.54) is 6.07 Å². The van der Waals surface area contributed by atoms with Crippen molar-refractivity contribution in [2.45, 2.75) is 75.7 Å². The summed E-state index contributed by atoms with van der Waals surface area (Å²) in [6.45, 7) is 7.70. The third kappa shape index (κ3) is 12.5. The van der Waals surface area contributed by atoms with Gasteiger partial charge in [0.25, 0.3) is 11.5 Å². The second-order valence-corrected chi connectivity index (χ2v) is 15.1. The van der Waals surface area contributed by atoms with Gasteiger partial charge in [0.1, 0.15) is 22.8 Å². The summed E-state index contributed by atoms with van der Waals surface area (Å²) in [5, 5.41) is 6.30. The average molecular weight is 753 g/mol. The first-order chi connectivity index (χ1) is 25.8. The molecule has 0 radical (unpaired) electrons. The molecule has 2 aromatic carbocycles. The average Bonchev–Trinajstić information content (AvgIpc) is 3.17. The van der Waals surface area contributed by atoms with Crippen molar-refractivity contribution in [3.8, 4) is 5.75 Å². The van der Waals surface area contributed by atoms with Crippen LogP contribution in [0, 0.1) is 11.7 Å². The fourth-order valence-corrected chi connectivity index (χ4v) is 7.74. The molecule has 12 nitrogen and oxygen atoms in total. The molecule has 3 heterocycles. The minimum atomic E-state index is -0.637. The smallest absolute Gasteiger partial charge is 0.261 e. The van der Waals surface area contributed by atoms with Gasteiger partial charge in [-0.15, -0.1) is 0 Å². The van der Waals surface area contributed by atoms with Crippen molar-refractivity contribution in [1.29, 1.82) is 0 Å². The summed E-state index contributed by atoms with van der Waals surface area (Å²) < 4.78 is 26.1. The molecule has 2 saturated heterocycles. The lowest BCUT2D eigenvalue weighted by Gasteiger charge is -2.31. The van der Waals surface area contributed by atoms with E-state index in [1.54, 1.807) is 40.9 Å². The van der Waals surface area contributed by atoms with Crippen molar-refractivity contribution in [1.82, 2.24) is 25.5 Å². The summed E-state index contributed by atoms with van der Waals surface area (Å²) in [5.41, 5.74) is 1.06. The van der Waals surface area contributed by atoms with Gasteiger partial charge in [-0.1, -0.05) is 25.8 Å². The number of likely N-dealkylation sites (tertiary alicyclic amines) is 1. The number of halogens is 1. The van der Waals surface area contributed by atoms with Gasteiger partial charge in [-0.05, 0) is 82.2 Å². The van der Waals surface area contributed by atoms with E-state index in [2.05, 4.69) is 25.5 Å². The van der Waals surface area contributed by atoms with Gasteiger partial charge in [-0.25, -0.2) is 9.37 Å². The second-order valence-electron chi connectivity index (χ2n) is 13.8. The summed E-state index contributed by atoms with van der Waals surface area (Å²) in [7, 11) is 0. The Labute approximate surface area is 315 Å². The van der Waals surface area contributed by atoms with E-state index in [9.17, 15) is 23.6 Å². The molecule has 5 rings (SSSR count). The first-order valence-electron chi connectivity index (χ1n) is 19.0. The summed E-state index contributed by atoms with van der Waals surface area (Å²) in [4.78, 5) is 60.3. The number of hydrogen-bond acceptors (Lipinski definition) is 9. The van der Waals surface area contributed by atoms with E-state index in [4.69, 9.17) is 9.47 Å². The highest BCUT2D eigenvalue weighted by Gasteiger charge is 2.22. The van der Waals surface area contributed by atoms with Crippen molar-refractivity contribution >= 4 is 46.6 Å². The second kappa shape index (κ2) is 21.0. The standard InChI is InChI=1S/C39H53FN6O6S/c1-2-16-46(27-47)30-9-7-8-29(21-30)38(49)42-15-6-4-3-5-14-41-36(48)24-45-17-10-32(11-18-45)53-26-35-43-34-23-31(22-33(40)37(34)39(50)44-35)52-25-28-12-19-51-20-13-28/h7-9,21-23,27-28,32H,2-6,10-20,24-26H2,1H3,(H,41,48)(H,42,49)(H,43,44,50). The predicted octanol–water partition coefficient (Wildman–Crippen LogP) is 5.04. The monoisotopic (exact) mass is 752 g/mol. The zero-order valence-corrected chi connectivity index (χ0v) is 31.5. The lowest BCUT2D eigenvalue weighted by Crippen LogP contribution is -2.42. The van der Waals surface area contributed by atoms with Crippen LogP contribution < -0.4 is 25.8 Å². The lowest BCUT2D eigenvalue weighted by atomic mass is 10.0. The topological polar surface area (TPSA) is 146 Å². The van der Waals surface area contributed by atoms with Crippen molar-refractivity contribution in [3.05, 3.63) is 64.0 Å². The molecule has 2 aliphatic rings. The van der Waals surface area contributed by atoms with Crippen molar-refractivity contribution in [3.63, 3.8) is 0 Å². The number of rotatable bonds is 20. The van der Waals surface area contributed by atoms with Gasteiger partial charge in [0, 0.05) is 61.5 Å². The van der Waals surface area contributed by atoms with Gasteiger partial charge in [0.05, 0.1) is 24.4 Å². The Balaban J connectivity index is 0.930. The van der Waals surface area contributed by atoms with Crippen LogP contribution in [0.3, 0.4) is 0 Å². The molecule has 3 N–H and O–H groups in total. The highest BCUT2D eigenvalue weighted by Crippen LogP contribution is 2.27. The number of H-pyrrole nitrogens is 1. The summed E-state index contributed by atoms with van der Waals surface area (Å²) >= 11 is 1.72. The van der Waals surface area contributed by atoms with Crippen LogP contribution in [0.5, 0.6) is 5.75 Å². The molecular weight excluding hydrogens is 700 g/mol. The Bertz CT molecular complexity index is 1710. The number of fused-ring (bicyclic) bond motifs is 1. The van der Waals surface area contributed by atoms with Gasteiger partial charge < -0.3 is 30.0 Å². The van der Waals surface area contributed by atoms with Crippen molar-refractivity contribution in [2.24, 2.45) is 5.92 Å². The summed E-state index contributed by atoms with van der Waals surface area (Å²) in [6.07, 6.45) is 8.92. The molecule has 0 unspecified atom stereocenters. The molecule has 0 spiro atoms. The Morgan fingerprint density at radius 3 is 2.57 bits per heavy atom. The van der Waals surface area contributed by atoms with Crippen LogP contribution in [0.25, 0.3) is 10.9 Å². The van der Waals surface area contributed by atoms with Gasteiger partial charge in [-0.2, -0.15) is 11.8 Å². The molecule has 2 fully saturated rings. The number of nitrogens with one attached hydrogen (secondary N) is 3. The molecule has 0 atom stereocenters. The Morgan fingerprint density at radius 1 is 1.08 bits per heavy atom. The van der Waals surface area contributed by atoms with E-state index in [0.717, 1.165) is 77.3 Å². The minimum absolute atomic E-state index is 0.0268. The molecule has 0 bridgehead atoms. The molecule has 53 heavy (non-hydrogen) atoms. The lowest BCUT2D eigenvalue weighted by molar-refractivity contribution is -0.122. The number of ether oxygens (including phenoxy) is 2. The van der Waals surface area contributed by atoms with Crippen molar-refractivity contribution in [2.75, 3.05) is 64.0 Å². The number of carbonyl (C=O) groups is 3. The molecular formula is C39H53FN6O6S. The van der Waals surface area contributed by atoms with E-state index in [0.29, 0.717) is 91.3 Å². The number of anilines is 1. The summed E-state index contributed by atoms with van der Waals surface area (Å²) in [5.74, 6) is 0.998. The highest BCUT2D eigenvalue weighted by molar-refractivity contribution is 7.99. The first-order valence-corrected chi connectivity index (χ1v) is 20.0. The fourth-order valence-electron chi connectivity index (χ4n) is 6.66. The van der Waals surface area contributed by atoms with Crippen molar-refractivity contribution < 1.29 is 28.2 Å². The Kier molecular flexibility index (Phi) is 15.9. The van der Waals surface area contributed by atoms with E-state index < -0.39 is 11.4 Å². The van der Waals surface area contributed by atoms with Gasteiger partial charge in [-0.3, -0.25) is 24.1 Å².